The van der Waals surface area contributed by atoms with E-state index in [1.54, 1.807) is 0 Å². The Bertz CT molecular complexity index is 355. The van der Waals surface area contributed by atoms with E-state index in [9.17, 15) is 0 Å². The topological polar surface area (TPSA) is 29.9 Å². The van der Waals surface area contributed by atoms with Crippen molar-refractivity contribution in [3.8, 4) is 0 Å². The summed E-state index contributed by atoms with van der Waals surface area (Å²) in [5.41, 5.74) is 4.03. The van der Waals surface area contributed by atoms with Gasteiger partial charge in [0.05, 0.1) is 5.69 Å². The summed E-state index contributed by atoms with van der Waals surface area (Å²) in [6.45, 7) is 12.1. The molecule has 1 N–H and O–H groups in total. The third-order valence-electron chi connectivity index (χ3n) is 3.73. The molecular weight excluding hydrogens is 234 g/mol. The zero-order valence-electron chi connectivity index (χ0n) is 13.3. The van der Waals surface area contributed by atoms with Gasteiger partial charge in [-0.1, -0.05) is 33.1 Å². The normalized spacial score (nSPS) is 11.2. The standard InChI is InChI=1S/C16H31N3/c1-5-7-8-9-13-19-15(4)16(14(3)18-19)10-12-17-11-6-2/h17H,5-13H2,1-4H3. The SMILES string of the molecule is CCCCCCn1nc(C)c(CCNCCC)c1C. The van der Waals surface area contributed by atoms with Crippen LogP contribution in [0.2, 0.25) is 0 Å². The van der Waals surface area contributed by atoms with Crippen molar-refractivity contribution in [1.82, 2.24) is 15.1 Å². The molecule has 0 spiro atoms. The fraction of sp³-hybridized carbons (Fsp3) is 0.812. The molecule has 1 aromatic rings. The minimum atomic E-state index is 1.07. The predicted octanol–water partition coefficient (Wildman–Crippen LogP) is 3.62. The molecule has 0 saturated heterocycles. The molecule has 0 radical (unpaired) electrons. The molecule has 0 aliphatic rings. The minimum absolute atomic E-state index is 1.07. The van der Waals surface area contributed by atoms with Crippen LogP contribution in [0.1, 0.15) is 62.9 Å². The first kappa shape index (κ1) is 16.2. The highest BCUT2D eigenvalue weighted by Gasteiger charge is 2.10. The van der Waals surface area contributed by atoms with Crippen LogP contribution in [-0.4, -0.2) is 22.9 Å². The fourth-order valence-corrected chi connectivity index (χ4v) is 2.52. The van der Waals surface area contributed by atoms with Gasteiger partial charge in [0.25, 0.3) is 0 Å². The van der Waals surface area contributed by atoms with E-state index in [1.807, 2.05) is 0 Å². The van der Waals surface area contributed by atoms with E-state index >= 15 is 0 Å². The van der Waals surface area contributed by atoms with E-state index in [2.05, 4.69) is 37.7 Å². The summed E-state index contributed by atoms with van der Waals surface area (Å²) in [6, 6.07) is 0. The van der Waals surface area contributed by atoms with E-state index in [0.717, 1.165) is 26.1 Å². The van der Waals surface area contributed by atoms with Gasteiger partial charge >= 0.3 is 0 Å². The number of nitrogens with zero attached hydrogens (tertiary/aromatic N) is 2. The smallest absolute Gasteiger partial charge is 0.0628 e. The highest BCUT2D eigenvalue weighted by molar-refractivity contribution is 5.24. The van der Waals surface area contributed by atoms with Gasteiger partial charge in [0.15, 0.2) is 0 Å². The molecule has 19 heavy (non-hydrogen) atoms. The summed E-state index contributed by atoms with van der Waals surface area (Å²) >= 11 is 0. The van der Waals surface area contributed by atoms with Gasteiger partial charge in [0.2, 0.25) is 0 Å². The minimum Gasteiger partial charge on any atom is -0.316 e. The maximum atomic E-state index is 4.70. The number of nitrogens with one attached hydrogen (secondary N) is 1. The summed E-state index contributed by atoms with van der Waals surface area (Å²) < 4.78 is 2.21. The molecule has 0 unspecified atom stereocenters. The Morgan fingerprint density at radius 3 is 2.47 bits per heavy atom. The summed E-state index contributed by atoms with van der Waals surface area (Å²) in [4.78, 5) is 0. The van der Waals surface area contributed by atoms with E-state index in [4.69, 9.17) is 5.10 Å². The molecule has 1 rings (SSSR count). The molecule has 3 nitrogen and oxygen atoms in total. The number of aryl methyl sites for hydroxylation is 2. The highest BCUT2D eigenvalue weighted by atomic mass is 15.3. The van der Waals surface area contributed by atoms with Crippen molar-refractivity contribution in [3.63, 3.8) is 0 Å². The second-order valence-electron chi connectivity index (χ2n) is 5.43. The zero-order valence-corrected chi connectivity index (χ0v) is 13.3. The fourth-order valence-electron chi connectivity index (χ4n) is 2.52. The summed E-state index contributed by atoms with van der Waals surface area (Å²) in [5.74, 6) is 0. The monoisotopic (exact) mass is 265 g/mol. The Balaban J connectivity index is 2.46. The van der Waals surface area contributed by atoms with Crippen LogP contribution in [0.3, 0.4) is 0 Å². The van der Waals surface area contributed by atoms with Gasteiger partial charge in [-0.05, 0) is 51.8 Å². The second-order valence-corrected chi connectivity index (χ2v) is 5.43. The lowest BCUT2D eigenvalue weighted by Gasteiger charge is -2.06. The summed E-state index contributed by atoms with van der Waals surface area (Å²) in [6.07, 6.45) is 7.52. The molecule has 3 heteroatoms. The lowest BCUT2D eigenvalue weighted by Crippen LogP contribution is -2.18. The Morgan fingerprint density at radius 1 is 1.00 bits per heavy atom. The van der Waals surface area contributed by atoms with Crippen molar-refractivity contribution in [3.05, 3.63) is 17.0 Å². The zero-order chi connectivity index (χ0) is 14.1. The first-order valence-corrected chi connectivity index (χ1v) is 7.94. The maximum absolute atomic E-state index is 4.70. The van der Waals surface area contributed by atoms with E-state index in [1.165, 1.54) is 49.1 Å². The van der Waals surface area contributed by atoms with E-state index < -0.39 is 0 Å². The molecule has 1 heterocycles. The van der Waals surface area contributed by atoms with Crippen LogP contribution in [0, 0.1) is 13.8 Å². The number of unbranched alkanes of at least 4 members (excludes halogenated alkanes) is 3. The molecule has 0 atom stereocenters. The van der Waals surface area contributed by atoms with Crippen LogP contribution in [-0.2, 0) is 13.0 Å². The van der Waals surface area contributed by atoms with Crippen LogP contribution in [0.4, 0.5) is 0 Å². The van der Waals surface area contributed by atoms with Crippen molar-refractivity contribution in [1.29, 1.82) is 0 Å². The largest absolute Gasteiger partial charge is 0.316 e. The van der Waals surface area contributed by atoms with Gasteiger partial charge in [-0.25, -0.2) is 0 Å². The van der Waals surface area contributed by atoms with Gasteiger partial charge in [-0.15, -0.1) is 0 Å². The third kappa shape index (κ3) is 5.35. The number of aromatic nitrogens is 2. The molecule has 0 saturated carbocycles. The van der Waals surface area contributed by atoms with Crippen LogP contribution < -0.4 is 5.32 Å². The predicted molar refractivity (Wildman–Crippen MR) is 82.7 cm³/mol. The number of hydrogen-bond donors (Lipinski definition) is 1. The molecule has 110 valence electrons. The first-order chi connectivity index (χ1) is 9.20. The summed E-state index contributed by atoms with van der Waals surface area (Å²) in [7, 11) is 0. The van der Waals surface area contributed by atoms with Crippen molar-refractivity contribution < 1.29 is 0 Å². The van der Waals surface area contributed by atoms with E-state index in [-0.39, 0.29) is 0 Å². The second kappa shape index (κ2) is 9.13. The number of rotatable bonds is 10. The summed E-state index contributed by atoms with van der Waals surface area (Å²) in [5, 5.41) is 8.17. The van der Waals surface area contributed by atoms with Gasteiger partial charge in [0, 0.05) is 12.2 Å². The van der Waals surface area contributed by atoms with Gasteiger partial charge in [-0.2, -0.15) is 5.10 Å². The molecule has 1 aromatic heterocycles. The van der Waals surface area contributed by atoms with Crippen molar-refractivity contribution >= 4 is 0 Å². The molecule has 0 aromatic carbocycles. The average molecular weight is 265 g/mol. The molecule has 0 bridgehead atoms. The number of hydrogen-bond acceptors (Lipinski definition) is 2. The highest BCUT2D eigenvalue weighted by Crippen LogP contribution is 2.14. The van der Waals surface area contributed by atoms with E-state index in [0.29, 0.717) is 0 Å². The maximum Gasteiger partial charge on any atom is 0.0628 e. The Kier molecular flexibility index (Phi) is 7.80. The quantitative estimate of drug-likeness (QED) is 0.655. The van der Waals surface area contributed by atoms with Gasteiger partial charge in [0.1, 0.15) is 0 Å². The Hall–Kier alpha value is -0.830. The van der Waals surface area contributed by atoms with Gasteiger partial charge < -0.3 is 5.32 Å². The third-order valence-corrected chi connectivity index (χ3v) is 3.73. The van der Waals surface area contributed by atoms with Crippen LogP contribution in [0.15, 0.2) is 0 Å². The van der Waals surface area contributed by atoms with Gasteiger partial charge in [-0.3, -0.25) is 4.68 Å². The van der Waals surface area contributed by atoms with Crippen molar-refractivity contribution in [2.75, 3.05) is 13.1 Å². The lowest BCUT2D eigenvalue weighted by atomic mass is 10.1. The van der Waals surface area contributed by atoms with Crippen molar-refractivity contribution in [2.45, 2.75) is 72.8 Å². The van der Waals surface area contributed by atoms with Crippen LogP contribution >= 0.6 is 0 Å². The average Bonchev–Trinajstić information content (AvgIpc) is 2.67. The molecule has 0 aliphatic carbocycles. The Morgan fingerprint density at radius 2 is 1.79 bits per heavy atom. The van der Waals surface area contributed by atoms with Crippen molar-refractivity contribution in [2.24, 2.45) is 0 Å². The Labute approximate surface area is 118 Å². The first-order valence-electron chi connectivity index (χ1n) is 7.94. The molecular formula is C16H31N3. The molecule has 0 fully saturated rings. The van der Waals surface area contributed by atoms with Crippen LogP contribution in [0.25, 0.3) is 0 Å². The molecule has 0 aliphatic heterocycles. The lowest BCUT2D eigenvalue weighted by molar-refractivity contribution is 0.529. The van der Waals surface area contributed by atoms with Crippen LogP contribution in [0.5, 0.6) is 0 Å². The molecule has 0 amide bonds.